The first-order valence-electron chi connectivity index (χ1n) is 16.7. The van der Waals surface area contributed by atoms with Crippen molar-refractivity contribution in [2.45, 2.75) is 186 Å². The Morgan fingerprint density at radius 1 is 0.575 bits per heavy atom. The summed E-state index contributed by atoms with van der Waals surface area (Å²) in [5.74, 6) is -0.732. The molecule has 0 aliphatic carbocycles. The summed E-state index contributed by atoms with van der Waals surface area (Å²) in [5, 5.41) is -0.342. The molecule has 0 saturated heterocycles. The molecule has 0 rings (SSSR count). The molecule has 0 bridgehead atoms. The van der Waals surface area contributed by atoms with E-state index in [0.29, 0.717) is 6.42 Å². The SMILES string of the molecule is CCCCCCCCCCCCCC(=O)OC[C@H](CC[As](=O)(O)O)OC(=O)CCCCCCCCCCCCC. The number of ether oxygens (including phenoxy) is 2. The van der Waals surface area contributed by atoms with Crippen LogP contribution in [0.5, 0.6) is 0 Å². The predicted molar refractivity (Wildman–Crippen MR) is 163 cm³/mol. The van der Waals surface area contributed by atoms with Crippen molar-refractivity contribution in [1.29, 1.82) is 0 Å². The van der Waals surface area contributed by atoms with E-state index in [1.54, 1.807) is 0 Å². The molecule has 0 aromatic rings. The van der Waals surface area contributed by atoms with Crippen LogP contribution in [-0.2, 0) is 22.8 Å². The summed E-state index contributed by atoms with van der Waals surface area (Å²) >= 11 is -4.85. The summed E-state index contributed by atoms with van der Waals surface area (Å²) in [6, 6.07) is 0. The van der Waals surface area contributed by atoms with Crippen molar-refractivity contribution < 1.29 is 31.0 Å². The van der Waals surface area contributed by atoms with Crippen LogP contribution in [0.25, 0.3) is 0 Å². The molecule has 238 valence electrons. The number of unbranched alkanes of at least 4 members (excludes halogenated alkanes) is 20. The molecule has 0 aromatic carbocycles. The molecule has 0 spiro atoms. The Labute approximate surface area is 248 Å². The van der Waals surface area contributed by atoms with Crippen molar-refractivity contribution >= 4 is 26.1 Å². The number of hydrogen-bond donors (Lipinski definition) is 2. The summed E-state index contributed by atoms with van der Waals surface area (Å²) in [6.45, 7) is 4.32. The van der Waals surface area contributed by atoms with Gasteiger partial charge in [-0.15, -0.1) is 0 Å². The zero-order chi connectivity index (χ0) is 29.7. The second-order valence-electron chi connectivity index (χ2n) is 11.5. The van der Waals surface area contributed by atoms with E-state index in [-0.39, 0.29) is 36.6 Å². The van der Waals surface area contributed by atoms with Crippen LogP contribution in [0.15, 0.2) is 0 Å². The van der Waals surface area contributed by atoms with Gasteiger partial charge >= 0.3 is 165 Å². The van der Waals surface area contributed by atoms with Gasteiger partial charge in [0.25, 0.3) is 0 Å². The smallest absolute Gasteiger partial charge is 0.0654 e. The fraction of sp³-hybridized carbons (Fsp3) is 0.938. The van der Waals surface area contributed by atoms with Crippen LogP contribution in [-0.4, -0.2) is 47.0 Å². The van der Waals surface area contributed by atoms with Crippen LogP contribution >= 0.6 is 0 Å². The number of carbonyl (C=O) groups is 2. The number of esters is 2. The maximum atomic E-state index is 12.3. The standard InChI is InChI=1S/C32H63AsO7/c1-3-5-7-9-11-13-15-17-19-21-23-25-31(34)39-29-30(27-28-33(36,37)38)40-32(35)26-24-22-20-18-16-14-12-10-8-6-4-2/h30H,3-29H2,1-2H3,(H2,36,37,38)/t30-/m0/s1. The van der Waals surface area contributed by atoms with Crippen LogP contribution in [0.4, 0.5) is 0 Å². The average Bonchev–Trinajstić information content (AvgIpc) is 2.91. The molecule has 0 aliphatic rings. The molecule has 0 saturated carbocycles. The van der Waals surface area contributed by atoms with Crippen LogP contribution in [0.3, 0.4) is 0 Å². The van der Waals surface area contributed by atoms with Gasteiger partial charge in [0.2, 0.25) is 0 Å². The summed E-state index contributed by atoms with van der Waals surface area (Å²) < 4.78 is 40.7. The van der Waals surface area contributed by atoms with Gasteiger partial charge in [-0.25, -0.2) is 0 Å². The molecular weight excluding hydrogens is 571 g/mol. The van der Waals surface area contributed by atoms with E-state index in [1.807, 2.05) is 0 Å². The molecule has 0 unspecified atom stereocenters. The van der Waals surface area contributed by atoms with E-state index in [0.717, 1.165) is 38.5 Å². The number of hydrogen-bond acceptors (Lipinski definition) is 5. The first-order chi connectivity index (χ1) is 19.3. The molecule has 0 aromatic heterocycles. The van der Waals surface area contributed by atoms with Crippen LogP contribution in [0, 0.1) is 0 Å². The third-order valence-electron chi connectivity index (χ3n) is 7.44. The Morgan fingerprint density at radius 2 is 0.925 bits per heavy atom. The Kier molecular flexibility index (Phi) is 27.8. The van der Waals surface area contributed by atoms with Crippen molar-refractivity contribution in [3.05, 3.63) is 0 Å². The van der Waals surface area contributed by atoms with Crippen molar-refractivity contribution in [2.24, 2.45) is 0 Å². The number of carbonyl (C=O) groups excluding carboxylic acids is 2. The molecule has 0 radical (unpaired) electrons. The van der Waals surface area contributed by atoms with E-state index < -0.39 is 20.3 Å². The van der Waals surface area contributed by atoms with Gasteiger partial charge in [-0.3, -0.25) is 0 Å². The normalized spacial score (nSPS) is 12.4. The zero-order valence-corrected chi connectivity index (χ0v) is 27.9. The predicted octanol–water partition coefficient (Wildman–Crippen LogP) is 8.59. The van der Waals surface area contributed by atoms with E-state index in [9.17, 15) is 21.5 Å². The van der Waals surface area contributed by atoms with Crippen LogP contribution in [0.2, 0.25) is 5.21 Å². The summed E-state index contributed by atoms with van der Waals surface area (Å²) in [5.41, 5.74) is 0. The molecule has 2 N–H and O–H groups in total. The fourth-order valence-electron chi connectivity index (χ4n) is 4.86. The van der Waals surface area contributed by atoms with E-state index in [2.05, 4.69) is 13.8 Å². The molecule has 40 heavy (non-hydrogen) atoms. The second kappa shape index (κ2) is 28.3. The average molecular weight is 635 g/mol. The third kappa shape index (κ3) is 30.2. The minimum atomic E-state index is -4.85. The summed E-state index contributed by atoms with van der Waals surface area (Å²) in [6.07, 6.45) is 26.1. The quantitative estimate of drug-likeness (QED) is 0.0463. The monoisotopic (exact) mass is 634 g/mol. The van der Waals surface area contributed by atoms with E-state index >= 15 is 0 Å². The Morgan fingerprint density at radius 3 is 1.30 bits per heavy atom. The van der Waals surface area contributed by atoms with Gasteiger partial charge in [0.05, 0.1) is 0 Å². The van der Waals surface area contributed by atoms with Gasteiger partial charge in [0.15, 0.2) is 0 Å². The maximum absolute atomic E-state index is 12.3. The van der Waals surface area contributed by atoms with Gasteiger partial charge in [-0.1, -0.05) is 84.5 Å². The fourth-order valence-corrected chi connectivity index (χ4v) is 6.17. The van der Waals surface area contributed by atoms with Crippen molar-refractivity contribution in [3.8, 4) is 0 Å². The first-order valence-corrected chi connectivity index (χ1v) is 20.4. The van der Waals surface area contributed by atoms with Crippen molar-refractivity contribution in [3.63, 3.8) is 0 Å². The van der Waals surface area contributed by atoms with Crippen LogP contribution in [0.1, 0.15) is 174 Å². The molecule has 0 aliphatic heterocycles. The van der Waals surface area contributed by atoms with Gasteiger partial charge in [0.1, 0.15) is 0 Å². The first kappa shape index (κ1) is 39.2. The van der Waals surface area contributed by atoms with Gasteiger partial charge in [-0.05, 0) is 0 Å². The minimum Gasteiger partial charge on any atom is -0.0654 e. The summed E-state index contributed by atoms with van der Waals surface area (Å²) in [4.78, 5) is 24.5. The molecule has 7 nitrogen and oxygen atoms in total. The molecule has 0 fully saturated rings. The molecule has 1 atom stereocenters. The van der Waals surface area contributed by atoms with E-state index in [4.69, 9.17) is 9.47 Å². The topological polar surface area (TPSA) is 110 Å². The minimum absolute atomic E-state index is 0.000773. The van der Waals surface area contributed by atoms with Gasteiger partial charge in [0, 0.05) is 0 Å². The number of rotatable bonds is 30. The molecule has 0 amide bonds. The molecule has 8 heteroatoms. The van der Waals surface area contributed by atoms with E-state index in [1.165, 1.54) is 103 Å². The molecule has 0 heterocycles. The summed E-state index contributed by atoms with van der Waals surface area (Å²) in [7, 11) is 0. The van der Waals surface area contributed by atoms with Crippen LogP contribution < -0.4 is 0 Å². The molecular formula is C32H63AsO7. The van der Waals surface area contributed by atoms with Gasteiger partial charge < -0.3 is 0 Å². The Balaban J connectivity index is 4.01. The van der Waals surface area contributed by atoms with Crippen molar-refractivity contribution in [1.82, 2.24) is 0 Å². The Hall–Kier alpha value is -0.782. The second-order valence-corrected chi connectivity index (χ2v) is 15.3. The van der Waals surface area contributed by atoms with Crippen molar-refractivity contribution in [2.75, 3.05) is 6.61 Å². The third-order valence-corrected chi connectivity index (χ3v) is 9.20. The Bertz CT molecular complexity index is 635. The van der Waals surface area contributed by atoms with Gasteiger partial charge in [-0.2, -0.15) is 0 Å². The zero-order valence-electron chi connectivity index (χ0n) is 26.1.